The van der Waals surface area contributed by atoms with E-state index in [0.29, 0.717) is 5.02 Å². The van der Waals surface area contributed by atoms with E-state index in [1.807, 2.05) is 53.4 Å². The maximum atomic E-state index is 11.8. The molecule has 0 spiro atoms. The van der Waals surface area contributed by atoms with Gasteiger partial charge in [0.05, 0.1) is 22.0 Å². The lowest BCUT2D eigenvalue weighted by atomic mass is 10.1. The molecule has 7 heteroatoms. The van der Waals surface area contributed by atoms with E-state index in [1.54, 1.807) is 36.0 Å². The van der Waals surface area contributed by atoms with E-state index in [0.717, 1.165) is 33.1 Å². The van der Waals surface area contributed by atoms with Crippen LogP contribution in [0.15, 0.2) is 88.7 Å². The van der Waals surface area contributed by atoms with Crippen LogP contribution < -0.4 is 0 Å². The molecule has 1 heterocycles. The normalized spacial score (nSPS) is 11.6. The molecule has 4 aromatic rings. The van der Waals surface area contributed by atoms with Crippen molar-refractivity contribution in [2.24, 2.45) is 0 Å². The Bertz CT molecular complexity index is 1300. The van der Waals surface area contributed by atoms with Crippen molar-refractivity contribution in [3.8, 4) is 28.2 Å². The molecule has 0 N–H and O–H groups in total. The Morgan fingerprint density at radius 2 is 1.60 bits per heavy atom. The van der Waals surface area contributed by atoms with Gasteiger partial charge < -0.3 is 0 Å². The molecule has 0 aliphatic rings. The summed E-state index contributed by atoms with van der Waals surface area (Å²) in [4.78, 5) is 1.41. The highest BCUT2D eigenvalue weighted by atomic mass is 35.5. The van der Waals surface area contributed by atoms with Gasteiger partial charge in [0.15, 0.2) is 9.84 Å². The van der Waals surface area contributed by atoms with Crippen molar-refractivity contribution < 1.29 is 8.42 Å². The molecule has 30 heavy (non-hydrogen) atoms. The van der Waals surface area contributed by atoms with E-state index < -0.39 is 9.84 Å². The molecule has 0 amide bonds. The Morgan fingerprint density at radius 3 is 2.23 bits per heavy atom. The first kappa shape index (κ1) is 20.7. The van der Waals surface area contributed by atoms with E-state index >= 15 is 0 Å². The lowest BCUT2D eigenvalue weighted by Gasteiger charge is -2.09. The smallest absolute Gasteiger partial charge is 0.175 e. The summed E-state index contributed by atoms with van der Waals surface area (Å²) in [5.74, 6) is 0. The topological polar surface area (TPSA) is 52.0 Å². The number of aromatic nitrogens is 2. The van der Waals surface area contributed by atoms with Gasteiger partial charge in [-0.05, 0) is 54.8 Å². The molecule has 0 bridgehead atoms. The molecule has 0 saturated heterocycles. The number of sulfone groups is 1. The summed E-state index contributed by atoms with van der Waals surface area (Å²) in [6.07, 6.45) is 3.24. The quantitative estimate of drug-likeness (QED) is 0.348. The largest absolute Gasteiger partial charge is 0.232 e. The zero-order valence-corrected chi connectivity index (χ0v) is 18.8. The summed E-state index contributed by atoms with van der Waals surface area (Å²) >= 11 is 7.74. The second-order valence-electron chi connectivity index (χ2n) is 6.80. The first-order chi connectivity index (χ1) is 14.4. The second-order valence-corrected chi connectivity index (χ2v) is 10.1. The van der Waals surface area contributed by atoms with Crippen LogP contribution >= 0.6 is 23.4 Å². The molecule has 0 atom stereocenters. The Kier molecular flexibility index (Phi) is 5.73. The first-order valence-corrected chi connectivity index (χ1v) is 12.7. The van der Waals surface area contributed by atoms with Gasteiger partial charge in [0.2, 0.25) is 0 Å². The van der Waals surface area contributed by atoms with Crippen molar-refractivity contribution >= 4 is 33.2 Å². The summed E-state index contributed by atoms with van der Waals surface area (Å²) in [5, 5.41) is 5.53. The van der Waals surface area contributed by atoms with Gasteiger partial charge in [0, 0.05) is 27.3 Å². The summed E-state index contributed by atoms with van der Waals surface area (Å²) in [7, 11) is -3.26. The van der Waals surface area contributed by atoms with Crippen LogP contribution in [0.5, 0.6) is 0 Å². The molecule has 1 aromatic heterocycles. The van der Waals surface area contributed by atoms with Gasteiger partial charge in [-0.1, -0.05) is 41.9 Å². The monoisotopic (exact) mass is 454 g/mol. The third-order valence-corrected chi connectivity index (χ3v) is 6.92. The van der Waals surface area contributed by atoms with Gasteiger partial charge in [-0.25, -0.2) is 13.1 Å². The molecule has 0 saturated carbocycles. The lowest BCUT2D eigenvalue weighted by Crippen LogP contribution is -2.01. The number of rotatable bonds is 5. The molecule has 0 fully saturated rings. The van der Waals surface area contributed by atoms with Gasteiger partial charge in [-0.2, -0.15) is 5.10 Å². The molecule has 0 radical (unpaired) electrons. The minimum Gasteiger partial charge on any atom is -0.232 e. The van der Waals surface area contributed by atoms with Gasteiger partial charge in [0.1, 0.15) is 0 Å². The maximum Gasteiger partial charge on any atom is 0.175 e. The van der Waals surface area contributed by atoms with E-state index in [9.17, 15) is 8.42 Å². The van der Waals surface area contributed by atoms with E-state index in [4.69, 9.17) is 16.7 Å². The number of hydrogen-bond donors (Lipinski definition) is 0. The molecular weight excluding hydrogens is 436 g/mol. The molecule has 0 aliphatic carbocycles. The van der Waals surface area contributed by atoms with E-state index in [-0.39, 0.29) is 4.90 Å². The summed E-state index contributed by atoms with van der Waals surface area (Å²) in [5.41, 5.74) is 4.53. The van der Waals surface area contributed by atoms with Crippen molar-refractivity contribution in [1.29, 1.82) is 0 Å². The Labute approximate surface area is 185 Å². The summed E-state index contributed by atoms with van der Waals surface area (Å²) in [6, 6.07) is 24.5. The first-order valence-electron chi connectivity index (χ1n) is 9.17. The Hall–Kier alpha value is -2.54. The summed E-state index contributed by atoms with van der Waals surface area (Å²) < 4.78 is 25.5. The standard InChI is InChI=1S/C23H19ClN2O2S2/c1-29-23-6-4-3-5-20(23)21-15-22(16-7-9-17(24)10-8-16)26(25-21)18-11-13-19(14-12-18)30(2,27)28/h3-15H,1-2H3. The van der Waals surface area contributed by atoms with Crippen molar-refractivity contribution in [2.45, 2.75) is 9.79 Å². The molecule has 4 nitrogen and oxygen atoms in total. The average Bonchev–Trinajstić information content (AvgIpc) is 3.19. The highest BCUT2D eigenvalue weighted by Crippen LogP contribution is 2.34. The van der Waals surface area contributed by atoms with Gasteiger partial charge in [-0.15, -0.1) is 11.8 Å². The van der Waals surface area contributed by atoms with Gasteiger partial charge >= 0.3 is 0 Å². The minimum atomic E-state index is -3.26. The van der Waals surface area contributed by atoms with Crippen LogP contribution in [0.2, 0.25) is 5.02 Å². The van der Waals surface area contributed by atoms with E-state index in [1.165, 1.54) is 6.26 Å². The molecule has 152 valence electrons. The van der Waals surface area contributed by atoms with Crippen LogP contribution in [-0.2, 0) is 9.84 Å². The number of benzene rings is 3. The second kappa shape index (κ2) is 8.30. The van der Waals surface area contributed by atoms with Crippen LogP contribution in [0.25, 0.3) is 28.2 Å². The molecule has 0 aliphatic heterocycles. The number of halogens is 1. The van der Waals surface area contributed by atoms with Crippen molar-refractivity contribution in [2.75, 3.05) is 12.5 Å². The van der Waals surface area contributed by atoms with Crippen LogP contribution in [0.4, 0.5) is 0 Å². The zero-order valence-electron chi connectivity index (χ0n) is 16.4. The predicted octanol–water partition coefficient (Wildman–Crippen LogP) is 5.99. The third kappa shape index (κ3) is 4.17. The molecule has 3 aromatic carbocycles. The summed E-state index contributed by atoms with van der Waals surface area (Å²) in [6.45, 7) is 0. The van der Waals surface area contributed by atoms with Crippen LogP contribution in [0, 0.1) is 0 Å². The third-order valence-electron chi connectivity index (χ3n) is 4.74. The van der Waals surface area contributed by atoms with Crippen molar-refractivity contribution in [1.82, 2.24) is 9.78 Å². The number of hydrogen-bond acceptors (Lipinski definition) is 4. The highest BCUT2D eigenvalue weighted by Gasteiger charge is 2.16. The van der Waals surface area contributed by atoms with Crippen LogP contribution in [0.3, 0.4) is 0 Å². The molecule has 4 rings (SSSR count). The number of thioether (sulfide) groups is 1. The molecular formula is C23H19ClN2O2S2. The lowest BCUT2D eigenvalue weighted by molar-refractivity contribution is 0.602. The fraction of sp³-hybridized carbons (Fsp3) is 0.0870. The maximum absolute atomic E-state index is 11.8. The van der Waals surface area contributed by atoms with Crippen LogP contribution in [-0.4, -0.2) is 30.7 Å². The molecule has 0 unspecified atom stereocenters. The van der Waals surface area contributed by atoms with E-state index in [2.05, 4.69) is 12.1 Å². The Balaban J connectivity index is 1.90. The minimum absolute atomic E-state index is 0.277. The fourth-order valence-corrected chi connectivity index (χ4v) is 4.59. The van der Waals surface area contributed by atoms with Gasteiger partial charge in [0.25, 0.3) is 0 Å². The highest BCUT2D eigenvalue weighted by molar-refractivity contribution is 7.98. The fourth-order valence-electron chi connectivity index (χ4n) is 3.23. The zero-order chi connectivity index (χ0) is 21.3. The average molecular weight is 455 g/mol. The Morgan fingerprint density at radius 1 is 0.933 bits per heavy atom. The van der Waals surface area contributed by atoms with Crippen molar-refractivity contribution in [3.63, 3.8) is 0 Å². The van der Waals surface area contributed by atoms with Gasteiger partial charge in [-0.3, -0.25) is 0 Å². The SMILES string of the molecule is CSc1ccccc1-c1cc(-c2ccc(Cl)cc2)n(-c2ccc(S(C)(=O)=O)cc2)n1. The van der Waals surface area contributed by atoms with Crippen molar-refractivity contribution in [3.05, 3.63) is 83.9 Å². The number of nitrogens with zero attached hydrogens (tertiary/aromatic N) is 2. The van der Waals surface area contributed by atoms with Crippen LogP contribution in [0.1, 0.15) is 0 Å². The predicted molar refractivity (Wildman–Crippen MR) is 124 cm³/mol.